The highest BCUT2D eigenvalue weighted by atomic mass is 16.2. The second kappa shape index (κ2) is 7.78. The number of nitrogens with two attached hydrogens (primary N) is 1. The maximum Gasteiger partial charge on any atom is 0.222 e. The number of carbonyl (C=O) groups is 2. The number of nitrogens with zero attached hydrogens (tertiary/aromatic N) is 1. The van der Waals surface area contributed by atoms with Crippen molar-refractivity contribution in [3.63, 3.8) is 0 Å². The molecule has 5 nitrogen and oxygen atoms in total. The summed E-state index contributed by atoms with van der Waals surface area (Å²) in [4.78, 5) is 25.2. The highest BCUT2D eigenvalue weighted by molar-refractivity contribution is 5.78. The van der Waals surface area contributed by atoms with E-state index in [1.165, 1.54) is 0 Å². The van der Waals surface area contributed by atoms with Crippen molar-refractivity contribution in [2.75, 3.05) is 20.1 Å². The van der Waals surface area contributed by atoms with Crippen molar-refractivity contribution in [1.29, 1.82) is 0 Å². The molecule has 0 aromatic heterocycles. The predicted octanol–water partition coefficient (Wildman–Crippen LogP) is 1.51. The van der Waals surface area contributed by atoms with Crippen LogP contribution >= 0.6 is 0 Å². The Kier molecular flexibility index (Phi) is 6.65. The van der Waals surface area contributed by atoms with Crippen molar-refractivity contribution >= 4 is 11.8 Å². The molecular weight excluding hydrogens is 266 g/mol. The van der Waals surface area contributed by atoms with Crippen LogP contribution in [-0.4, -0.2) is 42.9 Å². The number of rotatable bonds is 6. The molecule has 2 amide bonds. The fourth-order valence-corrected chi connectivity index (χ4v) is 2.95. The minimum absolute atomic E-state index is 0.0917. The summed E-state index contributed by atoms with van der Waals surface area (Å²) >= 11 is 0. The molecule has 0 aromatic rings. The topological polar surface area (TPSA) is 75.4 Å². The third-order valence-electron chi connectivity index (χ3n) is 4.45. The van der Waals surface area contributed by atoms with Crippen molar-refractivity contribution in [3.8, 4) is 0 Å². The van der Waals surface area contributed by atoms with Gasteiger partial charge in [0.05, 0.1) is 0 Å². The molecule has 2 atom stereocenters. The third-order valence-corrected chi connectivity index (χ3v) is 4.45. The van der Waals surface area contributed by atoms with Crippen LogP contribution in [0.25, 0.3) is 0 Å². The van der Waals surface area contributed by atoms with Gasteiger partial charge in [-0.15, -0.1) is 0 Å². The number of hydrogen-bond acceptors (Lipinski definition) is 3. The number of carbonyl (C=O) groups excluding carboxylic acids is 2. The molecule has 0 aliphatic carbocycles. The first-order chi connectivity index (χ1) is 9.74. The van der Waals surface area contributed by atoms with Crippen LogP contribution in [0.3, 0.4) is 0 Å². The fourth-order valence-electron chi connectivity index (χ4n) is 2.95. The highest BCUT2D eigenvalue weighted by Crippen LogP contribution is 2.32. The van der Waals surface area contributed by atoms with E-state index in [0.717, 1.165) is 19.3 Å². The lowest BCUT2D eigenvalue weighted by molar-refractivity contribution is -0.134. The Labute approximate surface area is 128 Å². The summed E-state index contributed by atoms with van der Waals surface area (Å²) in [5.41, 5.74) is 5.85. The maximum atomic E-state index is 12.1. The molecule has 0 spiro atoms. The average molecular weight is 297 g/mol. The van der Waals surface area contributed by atoms with Crippen LogP contribution in [0.2, 0.25) is 0 Å². The number of amides is 2. The van der Waals surface area contributed by atoms with Crippen LogP contribution in [0.1, 0.15) is 52.9 Å². The van der Waals surface area contributed by atoms with E-state index >= 15 is 0 Å². The van der Waals surface area contributed by atoms with Crippen LogP contribution in [0.5, 0.6) is 0 Å². The molecule has 21 heavy (non-hydrogen) atoms. The lowest BCUT2D eigenvalue weighted by atomic mass is 9.76. The van der Waals surface area contributed by atoms with Gasteiger partial charge in [-0.1, -0.05) is 20.8 Å². The molecule has 0 bridgehead atoms. The monoisotopic (exact) mass is 297 g/mol. The average Bonchev–Trinajstić information content (AvgIpc) is 2.37. The molecule has 1 rings (SSSR count). The highest BCUT2D eigenvalue weighted by Gasteiger charge is 2.26. The summed E-state index contributed by atoms with van der Waals surface area (Å²) in [7, 11) is 1.79. The second-order valence-electron chi connectivity index (χ2n) is 7.26. The smallest absolute Gasteiger partial charge is 0.222 e. The molecule has 3 N–H and O–H groups in total. The van der Waals surface area contributed by atoms with Crippen LogP contribution in [0.4, 0.5) is 0 Å². The number of likely N-dealkylation sites (tertiary alicyclic amines) is 1. The van der Waals surface area contributed by atoms with E-state index in [1.54, 1.807) is 11.9 Å². The molecule has 1 heterocycles. The molecule has 0 saturated carbocycles. The van der Waals surface area contributed by atoms with Gasteiger partial charge in [0.1, 0.15) is 0 Å². The summed E-state index contributed by atoms with van der Waals surface area (Å²) in [5.74, 6) is 0.717. The Bertz CT molecular complexity index is 363. The molecular formula is C16H31N3O2. The van der Waals surface area contributed by atoms with Gasteiger partial charge in [-0.05, 0) is 37.1 Å². The maximum absolute atomic E-state index is 12.1. The van der Waals surface area contributed by atoms with E-state index in [-0.39, 0.29) is 23.3 Å². The van der Waals surface area contributed by atoms with E-state index in [2.05, 4.69) is 26.1 Å². The van der Waals surface area contributed by atoms with Gasteiger partial charge in [0.15, 0.2) is 0 Å². The summed E-state index contributed by atoms with van der Waals surface area (Å²) < 4.78 is 0. The van der Waals surface area contributed by atoms with Gasteiger partial charge >= 0.3 is 0 Å². The largest absolute Gasteiger partial charge is 0.352 e. The first kappa shape index (κ1) is 18.0. The van der Waals surface area contributed by atoms with Gasteiger partial charge in [0.2, 0.25) is 11.8 Å². The molecule has 1 aliphatic heterocycles. The van der Waals surface area contributed by atoms with Crippen LogP contribution in [0, 0.1) is 11.3 Å². The zero-order valence-corrected chi connectivity index (χ0v) is 13.9. The molecule has 2 unspecified atom stereocenters. The van der Waals surface area contributed by atoms with Gasteiger partial charge in [-0.2, -0.15) is 0 Å². The minimum atomic E-state index is 0.0917. The molecule has 122 valence electrons. The molecule has 1 saturated heterocycles. The lowest BCUT2D eigenvalue weighted by Gasteiger charge is -2.32. The molecule has 0 radical (unpaired) electrons. The van der Waals surface area contributed by atoms with Crippen molar-refractivity contribution in [2.45, 2.75) is 58.9 Å². The predicted molar refractivity (Wildman–Crippen MR) is 84.7 cm³/mol. The van der Waals surface area contributed by atoms with E-state index in [1.807, 2.05) is 0 Å². The molecule has 0 aromatic carbocycles. The summed E-state index contributed by atoms with van der Waals surface area (Å²) in [6, 6.07) is 0.0998. The minimum Gasteiger partial charge on any atom is -0.352 e. The van der Waals surface area contributed by atoms with Crippen molar-refractivity contribution < 1.29 is 9.59 Å². The Morgan fingerprint density at radius 2 is 2.10 bits per heavy atom. The zero-order chi connectivity index (χ0) is 16.0. The normalized spacial score (nSPS) is 21.3. The number of likely N-dealkylation sites (N-methyl/N-ethyl adjacent to an activating group) is 1. The first-order valence-electron chi connectivity index (χ1n) is 7.97. The van der Waals surface area contributed by atoms with E-state index in [9.17, 15) is 9.59 Å². The number of piperidine rings is 1. The Balaban J connectivity index is 2.38. The summed E-state index contributed by atoms with van der Waals surface area (Å²) in [5, 5.41) is 3.05. The quantitative estimate of drug-likeness (QED) is 0.780. The Morgan fingerprint density at radius 3 is 2.62 bits per heavy atom. The van der Waals surface area contributed by atoms with Gasteiger partial charge in [0, 0.05) is 32.5 Å². The van der Waals surface area contributed by atoms with Crippen molar-refractivity contribution in [2.24, 2.45) is 17.1 Å². The lowest BCUT2D eigenvalue weighted by Crippen LogP contribution is -2.48. The van der Waals surface area contributed by atoms with E-state index in [0.29, 0.717) is 31.8 Å². The van der Waals surface area contributed by atoms with Gasteiger partial charge in [-0.25, -0.2) is 0 Å². The van der Waals surface area contributed by atoms with Gasteiger partial charge in [0.25, 0.3) is 0 Å². The fraction of sp³-hybridized carbons (Fsp3) is 0.875. The SMILES string of the molecule is CN1CC(NC(=O)CCC(CCN)C(C)(C)C)CCC1=O. The summed E-state index contributed by atoms with van der Waals surface area (Å²) in [6.45, 7) is 7.89. The molecule has 1 fully saturated rings. The van der Waals surface area contributed by atoms with Crippen LogP contribution in [-0.2, 0) is 9.59 Å². The summed E-state index contributed by atoms with van der Waals surface area (Å²) in [6.07, 6.45) is 3.64. The molecule has 1 aliphatic rings. The molecule has 5 heteroatoms. The van der Waals surface area contributed by atoms with Crippen molar-refractivity contribution in [3.05, 3.63) is 0 Å². The zero-order valence-electron chi connectivity index (χ0n) is 13.9. The number of hydrogen-bond donors (Lipinski definition) is 2. The first-order valence-corrected chi connectivity index (χ1v) is 7.97. The Hall–Kier alpha value is -1.10. The van der Waals surface area contributed by atoms with E-state index in [4.69, 9.17) is 5.73 Å². The third kappa shape index (κ3) is 6.04. The van der Waals surface area contributed by atoms with Crippen LogP contribution in [0.15, 0.2) is 0 Å². The Morgan fingerprint density at radius 1 is 1.43 bits per heavy atom. The van der Waals surface area contributed by atoms with Crippen molar-refractivity contribution in [1.82, 2.24) is 10.2 Å². The van der Waals surface area contributed by atoms with Gasteiger partial charge < -0.3 is 16.0 Å². The number of nitrogens with one attached hydrogen (secondary N) is 1. The standard InChI is InChI=1S/C16H31N3O2/c1-16(2,3)12(9-10-17)5-7-14(20)18-13-6-8-15(21)19(4)11-13/h12-13H,5-11,17H2,1-4H3,(H,18,20). The second-order valence-corrected chi connectivity index (χ2v) is 7.26. The van der Waals surface area contributed by atoms with E-state index < -0.39 is 0 Å². The van der Waals surface area contributed by atoms with Crippen LogP contribution < -0.4 is 11.1 Å². The van der Waals surface area contributed by atoms with Gasteiger partial charge in [-0.3, -0.25) is 9.59 Å².